The highest BCUT2D eigenvalue weighted by molar-refractivity contribution is 5.94. The lowest BCUT2D eigenvalue weighted by molar-refractivity contribution is -0.158. The lowest BCUT2D eigenvalue weighted by Gasteiger charge is -2.10. The number of rotatable bonds is 7. The summed E-state index contributed by atoms with van der Waals surface area (Å²) in [5, 5.41) is 0. The van der Waals surface area contributed by atoms with Crippen LogP contribution in [0.1, 0.15) is 40.0 Å². The molecule has 0 N–H and O–H groups in total. The summed E-state index contributed by atoms with van der Waals surface area (Å²) < 4.78 is 9.20. The maximum Gasteiger partial charge on any atom is 0.320 e. The average molecular weight is 268 g/mol. The fourth-order valence-electron chi connectivity index (χ4n) is 1.58. The third kappa shape index (κ3) is 7.44. The van der Waals surface area contributed by atoms with E-state index in [9.17, 15) is 9.59 Å². The first kappa shape index (κ1) is 17.4. The van der Waals surface area contributed by atoms with Gasteiger partial charge in [-0.3, -0.25) is 9.59 Å². The van der Waals surface area contributed by atoms with Gasteiger partial charge in [0.15, 0.2) is 5.92 Å². The number of carbonyl (C=O) groups excluding carboxylic acids is 2. The molecule has 0 amide bonds. The van der Waals surface area contributed by atoms with E-state index in [4.69, 9.17) is 0 Å². The largest absolute Gasteiger partial charge is 0.468 e. The van der Waals surface area contributed by atoms with Crippen LogP contribution >= 0.6 is 0 Å². The van der Waals surface area contributed by atoms with Crippen molar-refractivity contribution in [2.24, 2.45) is 5.92 Å². The predicted molar refractivity (Wildman–Crippen MR) is 74.6 cm³/mol. The van der Waals surface area contributed by atoms with E-state index in [1.54, 1.807) is 0 Å². The van der Waals surface area contributed by atoms with Gasteiger partial charge in [0.1, 0.15) is 0 Å². The smallest absolute Gasteiger partial charge is 0.320 e. The number of ether oxygens (including phenoxy) is 2. The normalized spacial score (nSPS) is 11.2. The summed E-state index contributed by atoms with van der Waals surface area (Å²) in [5.41, 5.74) is 2.44. The van der Waals surface area contributed by atoms with Gasteiger partial charge in [-0.1, -0.05) is 23.3 Å². The molecule has 0 aromatic rings. The zero-order valence-corrected chi connectivity index (χ0v) is 12.5. The van der Waals surface area contributed by atoms with Crippen molar-refractivity contribution in [2.45, 2.75) is 40.0 Å². The summed E-state index contributed by atoms with van der Waals surface area (Å²) in [6, 6.07) is 0. The fraction of sp³-hybridized carbons (Fsp3) is 0.600. The van der Waals surface area contributed by atoms with E-state index in [2.05, 4.69) is 29.4 Å². The maximum absolute atomic E-state index is 11.5. The van der Waals surface area contributed by atoms with Crippen LogP contribution in [0.3, 0.4) is 0 Å². The molecule has 0 aromatic heterocycles. The molecule has 4 heteroatoms. The van der Waals surface area contributed by atoms with E-state index in [1.165, 1.54) is 19.8 Å². The van der Waals surface area contributed by atoms with Crippen molar-refractivity contribution in [3.8, 4) is 0 Å². The second kappa shape index (κ2) is 9.36. The lowest BCUT2D eigenvalue weighted by atomic mass is 10.0. The van der Waals surface area contributed by atoms with Crippen molar-refractivity contribution in [3.63, 3.8) is 0 Å². The molecule has 0 rings (SSSR count). The first-order valence-electron chi connectivity index (χ1n) is 6.37. The molecule has 0 atom stereocenters. The van der Waals surface area contributed by atoms with Crippen LogP contribution in [0.5, 0.6) is 0 Å². The number of methoxy groups -OCH3 is 2. The number of allylic oxidation sites excluding steroid dienone is 4. The Morgan fingerprint density at radius 1 is 1.00 bits per heavy atom. The second-order valence-electron chi connectivity index (χ2n) is 4.71. The lowest BCUT2D eigenvalue weighted by Crippen LogP contribution is -2.26. The summed E-state index contributed by atoms with van der Waals surface area (Å²) in [4.78, 5) is 22.9. The predicted octanol–water partition coefficient (Wildman–Crippen LogP) is 3.03. The molecule has 19 heavy (non-hydrogen) atoms. The van der Waals surface area contributed by atoms with Crippen molar-refractivity contribution in [3.05, 3.63) is 23.3 Å². The SMILES string of the molecule is COC(=O)C(C/C=C(\C)CCC=C(C)C)C(=O)OC. The summed E-state index contributed by atoms with van der Waals surface area (Å²) in [6.45, 7) is 6.11. The molecule has 0 saturated carbocycles. The molecule has 0 fully saturated rings. The van der Waals surface area contributed by atoms with Gasteiger partial charge in [-0.15, -0.1) is 0 Å². The van der Waals surface area contributed by atoms with Gasteiger partial charge < -0.3 is 9.47 Å². The number of carbonyl (C=O) groups is 2. The van der Waals surface area contributed by atoms with Crippen molar-refractivity contribution in [1.29, 1.82) is 0 Å². The molecular formula is C15H24O4. The summed E-state index contributed by atoms with van der Waals surface area (Å²) >= 11 is 0. The van der Waals surface area contributed by atoms with Crippen molar-refractivity contribution >= 4 is 11.9 Å². The number of hydrogen-bond donors (Lipinski definition) is 0. The third-order valence-corrected chi connectivity index (χ3v) is 2.76. The number of hydrogen-bond acceptors (Lipinski definition) is 4. The van der Waals surface area contributed by atoms with Gasteiger partial charge in [0.25, 0.3) is 0 Å². The van der Waals surface area contributed by atoms with E-state index in [1.807, 2.05) is 13.0 Å². The molecule has 0 heterocycles. The standard InChI is InChI=1S/C15H24O4/c1-11(2)7-6-8-12(3)9-10-13(14(16)18-4)15(17)19-5/h7,9,13H,6,8,10H2,1-5H3/b12-9+. The molecule has 0 spiro atoms. The van der Waals surface area contributed by atoms with Crippen LogP contribution in [0.2, 0.25) is 0 Å². The molecule has 108 valence electrons. The molecular weight excluding hydrogens is 244 g/mol. The van der Waals surface area contributed by atoms with Crippen LogP contribution in [0.25, 0.3) is 0 Å². The Labute approximate surface area is 115 Å². The van der Waals surface area contributed by atoms with Gasteiger partial charge in [-0.25, -0.2) is 0 Å². The third-order valence-electron chi connectivity index (χ3n) is 2.76. The van der Waals surface area contributed by atoms with Gasteiger partial charge in [0.05, 0.1) is 14.2 Å². The highest BCUT2D eigenvalue weighted by atomic mass is 16.5. The Kier molecular flexibility index (Phi) is 8.58. The van der Waals surface area contributed by atoms with E-state index in [0.29, 0.717) is 6.42 Å². The summed E-state index contributed by atoms with van der Waals surface area (Å²) in [7, 11) is 2.54. The van der Waals surface area contributed by atoms with E-state index >= 15 is 0 Å². The second-order valence-corrected chi connectivity index (χ2v) is 4.71. The fourth-order valence-corrected chi connectivity index (χ4v) is 1.58. The van der Waals surface area contributed by atoms with Gasteiger partial charge >= 0.3 is 11.9 Å². The first-order chi connectivity index (χ1) is 8.92. The number of esters is 2. The van der Waals surface area contributed by atoms with Crippen LogP contribution < -0.4 is 0 Å². The van der Waals surface area contributed by atoms with Gasteiger partial charge in [-0.2, -0.15) is 0 Å². The quantitative estimate of drug-likeness (QED) is 0.404. The van der Waals surface area contributed by atoms with Crippen molar-refractivity contribution in [1.82, 2.24) is 0 Å². The Balaban J connectivity index is 4.48. The highest BCUT2D eigenvalue weighted by Gasteiger charge is 2.27. The van der Waals surface area contributed by atoms with Crippen LogP contribution in [0, 0.1) is 5.92 Å². The topological polar surface area (TPSA) is 52.6 Å². The first-order valence-corrected chi connectivity index (χ1v) is 6.37. The average Bonchev–Trinajstić information content (AvgIpc) is 2.37. The summed E-state index contributed by atoms with van der Waals surface area (Å²) in [6.07, 6.45) is 6.26. The Morgan fingerprint density at radius 3 is 1.95 bits per heavy atom. The maximum atomic E-state index is 11.5. The molecule has 0 aliphatic heterocycles. The Hall–Kier alpha value is -1.58. The Morgan fingerprint density at radius 2 is 1.53 bits per heavy atom. The van der Waals surface area contributed by atoms with Gasteiger partial charge in [0.2, 0.25) is 0 Å². The molecule has 0 bridgehead atoms. The van der Waals surface area contributed by atoms with Crippen molar-refractivity contribution < 1.29 is 19.1 Å². The van der Waals surface area contributed by atoms with E-state index < -0.39 is 17.9 Å². The van der Waals surface area contributed by atoms with E-state index in [0.717, 1.165) is 18.4 Å². The zero-order valence-electron chi connectivity index (χ0n) is 12.5. The van der Waals surface area contributed by atoms with Gasteiger partial charge in [0, 0.05) is 0 Å². The minimum absolute atomic E-state index is 0.319. The van der Waals surface area contributed by atoms with Crippen molar-refractivity contribution in [2.75, 3.05) is 14.2 Å². The minimum Gasteiger partial charge on any atom is -0.468 e. The zero-order chi connectivity index (χ0) is 14.8. The van der Waals surface area contributed by atoms with Crippen LogP contribution in [0.15, 0.2) is 23.3 Å². The molecule has 0 radical (unpaired) electrons. The molecule has 0 aliphatic carbocycles. The molecule has 4 nitrogen and oxygen atoms in total. The van der Waals surface area contributed by atoms with Crippen LogP contribution in [-0.2, 0) is 19.1 Å². The van der Waals surface area contributed by atoms with Gasteiger partial charge in [-0.05, 0) is 40.0 Å². The molecule has 0 saturated heterocycles. The summed E-state index contributed by atoms with van der Waals surface area (Å²) in [5.74, 6) is -1.98. The highest BCUT2D eigenvalue weighted by Crippen LogP contribution is 2.13. The molecule has 0 aromatic carbocycles. The van der Waals surface area contributed by atoms with Crippen LogP contribution in [-0.4, -0.2) is 26.2 Å². The monoisotopic (exact) mass is 268 g/mol. The van der Waals surface area contributed by atoms with E-state index in [-0.39, 0.29) is 0 Å². The molecule has 0 aliphatic rings. The van der Waals surface area contributed by atoms with Crippen LogP contribution in [0.4, 0.5) is 0 Å². The Bertz CT molecular complexity index is 346. The minimum atomic E-state index is -0.867. The molecule has 0 unspecified atom stereocenters.